The van der Waals surface area contributed by atoms with E-state index in [1.54, 1.807) is 30.3 Å². The van der Waals surface area contributed by atoms with Crippen molar-refractivity contribution < 1.29 is 27.4 Å². The van der Waals surface area contributed by atoms with Crippen LogP contribution >= 0.6 is 23.2 Å². The number of Topliss-reactive ketones (excluding diaryl/α,β-unsaturated/α-hetero) is 1. The molecule has 0 aliphatic carbocycles. The van der Waals surface area contributed by atoms with Gasteiger partial charge in [0, 0.05) is 12.0 Å². The third kappa shape index (κ3) is 5.51. The number of methoxy groups -OCH3 is 1. The van der Waals surface area contributed by atoms with Gasteiger partial charge in [-0.25, -0.2) is 0 Å². The van der Waals surface area contributed by atoms with Crippen LogP contribution in [0.15, 0.2) is 54.6 Å². The molecule has 162 valence electrons. The van der Waals surface area contributed by atoms with Crippen molar-refractivity contribution in [3.63, 3.8) is 0 Å². The molecule has 0 spiro atoms. The number of rotatable bonds is 6. The second-order valence-electron chi connectivity index (χ2n) is 6.81. The van der Waals surface area contributed by atoms with Gasteiger partial charge in [0.25, 0.3) is 0 Å². The first-order valence-corrected chi connectivity index (χ1v) is 9.85. The molecular formula is C23H17Cl2F3O3. The quantitative estimate of drug-likeness (QED) is 0.373. The lowest BCUT2D eigenvalue weighted by Crippen LogP contribution is -2.04. The van der Waals surface area contributed by atoms with E-state index in [4.69, 9.17) is 32.7 Å². The van der Waals surface area contributed by atoms with Crippen molar-refractivity contribution in [1.29, 1.82) is 0 Å². The maximum absolute atomic E-state index is 12.9. The zero-order valence-corrected chi connectivity index (χ0v) is 18.0. The Bertz CT molecular complexity index is 1090. The van der Waals surface area contributed by atoms with Gasteiger partial charge in [0.05, 0.1) is 22.7 Å². The van der Waals surface area contributed by atoms with Crippen molar-refractivity contribution in [2.24, 2.45) is 0 Å². The monoisotopic (exact) mass is 468 g/mol. The van der Waals surface area contributed by atoms with E-state index in [0.29, 0.717) is 28.2 Å². The van der Waals surface area contributed by atoms with E-state index in [9.17, 15) is 18.0 Å². The average Bonchev–Trinajstić information content (AvgIpc) is 2.69. The minimum atomic E-state index is -4.42. The fraction of sp³-hybridized carbons (Fsp3) is 0.174. The van der Waals surface area contributed by atoms with E-state index in [1.807, 2.05) is 0 Å². The molecule has 3 aromatic rings. The van der Waals surface area contributed by atoms with Crippen LogP contribution in [-0.4, -0.2) is 12.9 Å². The third-order valence-electron chi connectivity index (χ3n) is 4.43. The van der Waals surface area contributed by atoms with Crippen molar-refractivity contribution in [3.05, 3.63) is 75.8 Å². The number of benzene rings is 3. The van der Waals surface area contributed by atoms with Crippen LogP contribution in [0, 0.1) is 0 Å². The Labute approximate surface area is 187 Å². The molecular weight excluding hydrogens is 452 g/mol. The summed E-state index contributed by atoms with van der Waals surface area (Å²) >= 11 is 12.6. The zero-order valence-electron chi connectivity index (χ0n) is 16.5. The van der Waals surface area contributed by atoms with E-state index >= 15 is 0 Å². The Morgan fingerprint density at radius 3 is 2.10 bits per heavy atom. The van der Waals surface area contributed by atoms with Gasteiger partial charge >= 0.3 is 6.18 Å². The zero-order chi connectivity index (χ0) is 22.8. The molecule has 0 radical (unpaired) electrons. The number of hydrogen-bond acceptors (Lipinski definition) is 3. The fourth-order valence-corrected chi connectivity index (χ4v) is 3.64. The molecule has 0 atom stereocenters. The molecule has 0 fully saturated rings. The number of carbonyl (C=O) groups excluding carboxylic acids is 1. The summed E-state index contributed by atoms with van der Waals surface area (Å²) in [5.41, 5.74) is 0.973. The number of hydrogen-bond donors (Lipinski definition) is 0. The Kier molecular flexibility index (Phi) is 6.82. The van der Waals surface area contributed by atoms with Crippen LogP contribution in [0.3, 0.4) is 0 Å². The van der Waals surface area contributed by atoms with Crippen LogP contribution in [0.4, 0.5) is 13.2 Å². The molecule has 0 N–H and O–H groups in total. The van der Waals surface area contributed by atoms with Crippen LogP contribution in [0.25, 0.3) is 11.1 Å². The average molecular weight is 469 g/mol. The van der Waals surface area contributed by atoms with Crippen molar-refractivity contribution in [2.75, 3.05) is 7.11 Å². The molecule has 3 rings (SSSR count). The first-order chi connectivity index (χ1) is 14.6. The Hall–Kier alpha value is -2.70. The van der Waals surface area contributed by atoms with Crippen LogP contribution < -0.4 is 9.47 Å². The topological polar surface area (TPSA) is 35.5 Å². The summed E-state index contributed by atoms with van der Waals surface area (Å²) in [6.45, 7) is 1.46. The number of halogens is 5. The van der Waals surface area contributed by atoms with E-state index in [2.05, 4.69) is 0 Å². The van der Waals surface area contributed by atoms with Crippen molar-refractivity contribution in [2.45, 2.75) is 19.5 Å². The Balaban J connectivity index is 1.95. The number of carbonyl (C=O) groups is 1. The molecule has 0 unspecified atom stereocenters. The van der Waals surface area contributed by atoms with Gasteiger partial charge in [-0.3, -0.25) is 4.79 Å². The van der Waals surface area contributed by atoms with Crippen molar-refractivity contribution in [3.8, 4) is 28.4 Å². The highest BCUT2D eigenvalue weighted by Gasteiger charge is 2.30. The molecule has 0 bridgehead atoms. The summed E-state index contributed by atoms with van der Waals surface area (Å²) in [7, 11) is 1.46. The highest BCUT2D eigenvalue weighted by molar-refractivity contribution is 6.37. The van der Waals surface area contributed by atoms with Gasteiger partial charge in [-0.15, -0.1) is 0 Å². The molecule has 0 saturated heterocycles. The van der Waals surface area contributed by atoms with E-state index in [-0.39, 0.29) is 28.0 Å². The van der Waals surface area contributed by atoms with Crippen molar-refractivity contribution in [1.82, 2.24) is 0 Å². The van der Waals surface area contributed by atoms with Gasteiger partial charge in [-0.05, 0) is 60.5 Å². The first-order valence-electron chi connectivity index (χ1n) is 9.09. The predicted molar refractivity (Wildman–Crippen MR) is 114 cm³/mol. The molecule has 0 heterocycles. The molecule has 0 aliphatic rings. The van der Waals surface area contributed by atoms with Crippen LogP contribution in [0.2, 0.25) is 10.0 Å². The van der Waals surface area contributed by atoms with E-state index < -0.39 is 11.7 Å². The van der Waals surface area contributed by atoms with Gasteiger partial charge in [0.15, 0.2) is 5.75 Å². The van der Waals surface area contributed by atoms with Crippen LogP contribution in [0.5, 0.6) is 17.2 Å². The highest BCUT2D eigenvalue weighted by atomic mass is 35.5. The maximum Gasteiger partial charge on any atom is 0.416 e. The van der Waals surface area contributed by atoms with Gasteiger partial charge in [-0.1, -0.05) is 35.3 Å². The largest absolute Gasteiger partial charge is 0.496 e. The van der Waals surface area contributed by atoms with Gasteiger partial charge in [0.1, 0.15) is 17.3 Å². The smallest absolute Gasteiger partial charge is 0.416 e. The van der Waals surface area contributed by atoms with Gasteiger partial charge in [0.2, 0.25) is 0 Å². The highest BCUT2D eigenvalue weighted by Crippen LogP contribution is 2.41. The Morgan fingerprint density at radius 2 is 1.58 bits per heavy atom. The lowest BCUT2D eigenvalue weighted by molar-refractivity contribution is -0.137. The molecule has 0 aliphatic heterocycles. The van der Waals surface area contributed by atoms with Crippen molar-refractivity contribution >= 4 is 29.0 Å². The van der Waals surface area contributed by atoms with Gasteiger partial charge in [-0.2, -0.15) is 13.2 Å². The van der Waals surface area contributed by atoms with E-state index in [0.717, 1.165) is 12.1 Å². The Morgan fingerprint density at radius 1 is 0.968 bits per heavy atom. The molecule has 8 heteroatoms. The standard InChI is InChI=1S/C23H17Cl2F3O3/c1-13(29)9-14-10-19(24)22(20(25)11-14)31-17-7-8-21(30-2)18(12-17)15-3-5-16(6-4-15)23(26,27)28/h3-8,10-12H,9H2,1-2H3. The lowest BCUT2D eigenvalue weighted by Gasteiger charge is -2.15. The second-order valence-corrected chi connectivity index (χ2v) is 7.62. The second kappa shape index (κ2) is 9.20. The summed E-state index contributed by atoms with van der Waals surface area (Å²) < 4.78 is 49.8. The summed E-state index contributed by atoms with van der Waals surface area (Å²) in [5.74, 6) is 0.997. The number of ether oxygens (including phenoxy) is 2. The summed E-state index contributed by atoms with van der Waals surface area (Å²) in [4.78, 5) is 11.3. The summed E-state index contributed by atoms with van der Waals surface area (Å²) in [6.07, 6.45) is -4.23. The molecule has 0 amide bonds. The SMILES string of the molecule is COc1ccc(Oc2c(Cl)cc(CC(C)=O)cc2Cl)cc1-c1ccc(C(F)(F)F)cc1. The molecule has 31 heavy (non-hydrogen) atoms. The molecule has 0 saturated carbocycles. The molecule has 0 aromatic heterocycles. The number of alkyl halides is 3. The van der Waals surface area contributed by atoms with Crippen LogP contribution in [0.1, 0.15) is 18.1 Å². The third-order valence-corrected chi connectivity index (χ3v) is 4.99. The number of ketones is 1. The first kappa shape index (κ1) is 23.0. The maximum atomic E-state index is 12.9. The lowest BCUT2D eigenvalue weighted by atomic mass is 10.0. The van der Waals surface area contributed by atoms with E-state index in [1.165, 1.54) is 26.2 Å². The fourth-order valence-electron chi connectivity index (χ4n) is 3.03. The predicted octanol–water partition coefficient (Wildman–Crippen LogP) is 7.61. The summed E-state index contributed by atoms with van der Waals surface area (Å²) in [6, 6.07) is 12.8. The van der Waals surface area contributed by atoms with Crippen LogP contribution in [-0.2, 0) is 17.4 Å². The minimum absolute atomic E-state index is 0.0304. The molecule has 3 aromatic carbocycles. The normalized spacial score (nSPS) is 11.3. The molecule has 3 nitrogen and oxygen atoms in total. The van der Waals surface area contributed by atoms with Gasteiger partial charge < -0.3 is 9.47 Å². The summed E-state index contributed by atoms with van der Waals surface area (Å²) in [5, 5.41) is 0.464. The minimum Gasteiger partial charge on any atom is -0.496 e.